The summed E-state index contributed by atoms with van der Waals surface area (Å²) in [4.78, 5) is 4.73. The summed E-state index contributed by atoms with van der Waals surface area (Å²) in [6.45, 7) is 0.935. The first-order valence-electron chi connectivity index (χ1n) is 10.2. The van der Waals surface area contributed by atoms with Gasteiger partial charge in [0.2, 0.25) is 16.0 Å². The zero-order chi connectivity index (χ0) is 22.3. The van der Waals surface area contributed by atoms with E-state index in [-0.39, 0.29) is 11.9 Å². The van der Waals surface area contributed by atoms with Crippen molar-refractivity contribution in [3.63, 3.8) is 0 Å². The van der Waals surface area contributed by atoms with Crippen LogP contribution in [0.1, 0.15) is 12.8 Å². The second-order valence-electron chi connectivity index (χ2n) is 7.88. The van der Waals surface area contributed by atoms with E-state index in [0.29, 0.717) is 37.5 Å². The zero-order valence-corrected chi connectivity index (χ0v) is 18.2. The summed E-state index contributed by atoms with van der Waals surface area (Å²) in [5.74, 6) is 0.158. The molecule has 0 spiro atoms. The highest BCUT2D eigenvalue weighted by Crippen LogP contribution is 2.35. The molecule has 0 radical (unpaired) electrons. The third-order valence-corrected chi connectivity index (χ3v) is 7.01. The van der Waals surface area contributed by atoms with Crippen molar-refractivity contribution < 1.29 is 12.8 Å². The smallest absolute Gasteiger partial charge is 0.243 e. The fourth-order valence-corrected chi connectivity index (χ4v) is 4.94. The minimum Gasteiger partial charge on any atom is -0.350 e. The molecule has 1 aromatic carbocycles. The maximum absolute atomic E-state index is 13.6. The molecule has 0 amide bonds. The van der Waals surface area contributed by atoms with Crippen LogP contribution in [0.4, 0.5) is 10.3 Å². The van der Waals surface area contributed by atoms with Crippen LogP contribution in [0.3, 0.4) is 0 Å². The number of aromatic nitrogens is 5. The third kappa shape index (κ3) is 3.96. The van der Waals surface area contributed by atoms with E-state index >= 15 is 0 Å². The van der Waals surface area contributed by atoms with Crippen molar-refractivity contribution in [3.8, 4) is 22.3 Å². The number of hydrogen-bond acceptors (Lipinski definition) is 6. The van der Waals surface area contributed by atoms with Crippen molar-refractivity contribution in [2.75, 3.05) is 24.7 Å². The van der Waals surface area contributed by atoms with E-state index in [1.165, 1.54) is 22.7 Å². The minimum atomic E-state index is -3.17. The first kappa shape index (κ1) is 20.6. The molecule has 1 saturated heterocycles. The second kappa shape index (κ2) is 7.99. The molecule has 5 rings (SSSR count). The summed E-state index contributed by atoms with van der Waals surface area (Å²) < 4.78 is 40.2. The number of fused-ring (bicyclic) bond motifs is 1. The van der Waals surface area contributed by atoms with E-state index in [4.69, 9.17) is 4.98 Å². The van der Waals surface area contributed by atoms with Crippen molar-refractivity contribution in [2.45, 2.75) is 18.9 Å². The van der Waals surface area contributed by atoms with Crippen LogP contribution in [0.5, 0.6) is 0 Å². The number of anilines is 1. The van der Waals surface area contributed by atoms with Gasteiger partial charge in [-0.25, -0.2) is 21.6 Å². The number of halogens is 1. The molecule has 0 saturated carbocycles. The van der Waals surface area contributed by atoms with E-state index in [9.17, 15) is 12.8 Å². The van der Waals surface area contributed by atoms with Crippen molar-refractivity contribution in [2.24, 2.45) is 0 Å². The quantitative estimate of drug-likeness (QED) is 0.479. The van der Waals surface area contributed by atoms with Crippen LogP contribution >= 0.6 is 0 Å². The van der Waals surface area contributed by atoms with E-state index < -0.39 is 10.0 Å². The molecule has 0 unspecified atom stereocenters. The number of pyridine rings is 1. The van der Waals surface area contributed by atoms with Crippen LogP contribution in [-0.4, -0.2) is 62.9 Å². The molecular formula is C21H22FN7O2S. The highest BCUT2D eigenvalue weighted by atomic mass is 32.2. The molecule has 0 atom stereocenters. The molecule has 32 heavy (non-hydrogen) atoms. The van der Waals surface area contributed by atoms with Gasteiger partial charge in [0, 0.05) is 42.7 Å². The second-order valence-corrected chi connectivity index (χ2v) is 9.86. The fraction of sp³-hybridized carbons (Fsp3) is 0.286. The van der Waals surface area contributed by atoms with Gasteiger partial charge in [-0.05, 0) is 42.2 Å². The van der Waals surface area contributed by atoms with E-state index in [1.807, 2.05) is 12.3 Å². The molecule has 0 aliphatic carbocycles. The lowest BCUT2D eigenvalue weighted by atomic mass is 9.98. The van der Waals surface area contributed by atoms with Gasteiger partial charge in [-0.15, -0.1) is 5.10 Å². The number of aromatic amines is 1. The summed E-state index contributed by atoms with van der Waals surface area (Å²) in [6.07, 6.45) is 7.93. The highest BCUT2D eigenvalue weighted by molar-refractivity contribution is 7.88. The number of piperidine rings is 1. The molecule has 11 heteroatoms. The predicted octanol–water partition coefficient (Wildman–Crippen LogP) is 2.76. The van der Waals surface area contributed by atoms with Gasteiger partial charge in [0.15, 0.2) is 5.65 Å². The first-order chi connectivity index (χ1) is 15.4. The van der Waals surface area contributed by atoms with Crippen LogP contribution in [0.2, 0.25) is 0 Å². The number of sulfonamides is 1. The van der Waals surface area contributed by atoms with Crippen molar-refractivity contribution in [3.05, 3.63) is 54.7 Å². The number of rotatable bonds is 5. The van der Waals surface area contributed by atoms with Crippen LogP contribution in [0.15, 0.2) is 48.9 Å². The summed E-state index contributed by atoms with van der Waals surface area (Å²) in [6, 6.07) is 8.28. The number of nitrogens with one attached hydrogen (secondary N) is 2. The lowest BCUT2D eigenvalue weighted by molar-refractivity contribution is 0.331. The topological polar surface area (TPSA) is 108 Å². The Morgan fingerprint density at radius 3 is 2.53 bits per heavy atom. The lowest BCUT2D eigenvalue weighted by Crippen LogP contribution is -2.41. The lowest BCUT2D eigenvalue weighted by Gasteiger charge is -2.30. The number of H-pyrrole nitrogens is 1. The van der Waals surface area contributed by atoms with Crippen LogP contribution < -0.4 is 5.32 Å². The van der Waals surface area contributed by atoms with Gasteiger partial charge in [-0.2, -0.15) is 10.1 Å². The van der Waals surface area contributed by atoms with Gasteiger partial charge in [0.1, 0.15) is 5.82 Å². The Morgan fingerprint density at radius 1 is 1.12 bits per heavy atom. The van der Waals surface area contributed by atoms with Gasteiger partial charge in [-0.1, -0.05) is 12.1 Å². The Bertz CT molecular complexity index is 1340. The monoisotopic (exact) mass is 455 g/mol. The molecule has 166 valence electrons. The Kier molecular flexibility index (Phi) is 5.14. The van der Waals surface area contributed by atoms with Crippen LogP contribution in [-0.2, 0) is 10.0 Å². The van der Waals surface area contributed by atoms with E-state index in [0.717, 1.165) is 22.3 Å². The molecule has 3 aromatic heterocycles. The molecule has 4 aromatic rings. The number of nitrogens with zero attached hydrogens (tertiary/aromatic N) is 5. The van der Waals surface area contributed by atoms with Crippen LogP contribution in [0.25, 0.3) is 27.9 Å². The standard InChI is InChI=1S/C21H22FN7O2S/c1-32(30,31)28-9-6-17(7-10-28)25-21-26-20-19(14-2-4-16(22)5-3-14)18(8-11-29(20)27-21)15-12-23-24-13-15/h2-5,8,11-13,17H,6-7,9-10H2,1H3,(H,23,24)(H,25,27). The summed E-state index contributed by atoms with van der Waals surface area (Å²) >= 11 is 0. The Labute approximate surface area is 184 Å². The summed E-state index contributed by atoms with van der Waals surface area (Å²) in [7, 11) is -3.17. The molecule has 1 aliphatic heterocycles. The average molecular weight is 456 g/mol. The third-order valence-electron chi connectivity index (χ3n) is 5.70. The normalized spacial score (nSPS) is 15.9. The summed E-state index contributed by atoms with van der Waals surface area (Å²) in [5.41, 5.74) is 4.05. The van der Waals surface area contributed by atoms with Gasteiger partial charge < -0.3 is 5.32 Å². The number of benzene rings is 1. The molecule has 1 fully saturated rings. The maximum Gasteiger partial charge on any atom is 0.243 e. The van der Waals surface area contributed by atoms with E-state index in [2.05, 4.69) is 20.6 Å². The maximum atomic E-state index is 13.6. The summed E-state index contributed by atoms with van der Waals surface area (Å²) in [5, 5.41) is 14.8. The molecule has 4 heterocycles. The Morgan fingerprint density at radius 2 is 1.88 bits per heavy atom. The molecule has 0 bridgehead atoms. The average Bonchev–Trinajstić information content (AvgIpc) is 3.43. The van der Waals surface area contributed by atoms with Crippen molar-refractivity contribution >= 4 is 21.6 Å². The number of hydrogen-bond donors (Lipinski definition) is 2. The zero-order valence-electron chi connectivity index (χ0n) is 17.4. The highest BCUT2D eigenvalue weighted by Gasteiger charge is 2.26. The molecule has 9 nitrogen and oxygen atoms in total. The first-order valence-corrected chi connectivity index (χ1v) is 12.1. The minimum absolute atomic E-state index is 0.0769. The van der Waals surface area contributed by atoms with Crippen molar-refractivity contribution in [1.82, 2.24) is 29.1 Å². The Balaban J connectivity index is 1.50. The molecular weight excluding hydrogens is 433 g/mol. The van der Waals surface area contributed by atoms with Crippen LogP contribution in [0, 0.1) is 5.82 Å². The van der Waals surface area contributed by atoms with Gasteiger partial charge >= 0.3 is 0 Å². The molecule has 2 N–H and O–H groups in total. The van der Waals surface area contributed by atoms with Gasteiger partial charge in [0.05, 0.1) is 12.5 Å². The largest absolute Gasteiger partial charge is 0.350 e. The van der Waals surface area contributed by atoms with Crippen molar-refractivity contribution in [1.29, 1.82) is 0 Å². The van der Waals surface area contributed by atoms with E-state index in [1.54, 1.807) is 29.0 Å². The SMILES string of the molecule is CS(=O)(=O)N1CCC(Nc2nc3c(-c4ccc(F)cc4)c(-c4cn[nH]c4)ccn3n2)CC1. The molecule has 1 aliphatic rings. The van der Waals surface area contributed by atoms with Gasteiger partial charge in [-0.3, -0.25) is 5.10 Å². The van der Waals surface area contributed by atoms with Gasteiger partial charge in [0.25, 0.3) is 0 Å². The fourth-order valence-electron chi connectivity index (χ4n) is 4.06. The predicted molar refractivity (Wildman–Crippen MR) is 119 cm³/mol. The Hall–Kier alpha value is -3.31.